The SMILES string of the molecule is CC(NC(=O)c1c(N)nn2cccnc12)c1nc(N)c(C(=N)C#Cc2cnn(C)c2)c(=O)n1-c1ccccc1. The van der Waals surface area contributed by atoms with Crippen molar-refractivity contribution in [3.8, 4) is 17.5 Å². The van der Waals surface area contributed by atoms with Crippen LogP contribution >= 0.6 is 0 Å². The Labute approximate surface area is 221 Å². The zero-order valence-corrected chi connectivity index (χ0v) is 21.0. The van der Waals surface area contributed by atoms with Crippen molar-refractivity contribution in [1.29, 1.82) is 5.41 Å². The fourth-order valence-electron chi connectivity index (χ4n) is 4.04. The molecule has 1 amide bonds. The van der Waals surface area contributed by atoms with Crippen LogP contribution in [0.4, 0.5) is 11.6 Å². The predicted molar refractivity (Wildman–Crippen MR) is 144 cm³/mol. The summed E-state index contributed by atoms with van der Waals surface area (Å²) in [7, 11) is 1.75. The van der Waals surface area contributed by atoms with Gasteiger partial charge in [-0.15, -0.1) is 5.10 Å². The number of anilines is 2. The minimum atomic E-state index is -0.810. The van der Waals surface area contributed by atoms with Gasteiger partial charge in [-0.3, -0.25) is 24.2 Å². The molecule has 5 rings (SSSR count). The molecule has 1 atom stereocenters. The minimum Gasteiger partial charge on any atom is -0.383 e. The molecule has 0 saturated carbocycles. The second-order valence-corrected chi connectivity index (χ2v) is 8.58. The minimum absolute atomic E-state index is 0.00214. The summed E-state index contributed by atoms with van der Waals surface area (Å²) in [5, 5.41) is 19.4. The smallest absolute Gasteiger partial charge is 0.270 e. The van der Waals surface area contributed by atoms with Gasteiger partial charge in [0, 0.05) is 25.6 Å². The summed E-state index contributed by atoms with van der Waals surface area (Å²) in [5.41, 5.74) is 12.6. The molecule has 0 saturated heterocycles. The third-order valence-electron chi connectivity index (χ3n) is 5.82. The molecule has 4 aromatic heterocycles. The van der Waals surface area contributed by atoms with Crippen molar-refractivity contribution >= 4 is 28.9 Å². The summed E-state index contributed by atoms with van der Waals surface area (Å²) in [4.78, 5) is 35.7. The highest BCUT2D eigenvalue weighted by Gasteiger charge is 2.26. The Morgan fingerprint density at radius 2 is 1.90 bits per heavy atom. The number of nitrogen functional groups attached to an aromatic ring is 2. The van der Waals surface area contributed by atoms with Crippen LogP contribution in [-0.4, -0.2) is 45.5 Å². The molecule has 5 aromatic rings. The van der Waals surface area contributed by atoms with Crippen LogP contribution in [0.25, 0.3) is 11.3 Å². The number of carbonyl (C=O) groups excluding carboxylic acids is 1. The van der Waals surface area contributed by atoms with Crippen molar-refractivity contribution in [3.63, 3.8) is 0 Å². The molecule has 0 bridgehead atoms. The lowest BCUT2D eigenvalue weighted by atomic mass is 10.1. The van der Waals surface area contributed by atoms with E-state index in [-0.39, 0.29) is 39.9 Å². The molecule has 0 aliphatic heterocycles. The molecule has 194 valence electrons. The lowest BCUT2D eigenvalue weighted by molar-refractivity contribution is 0.0940. The zero-order valence-electron chi connectivity index (χ0n) is 21.0. The van der Waals surface area contributed by atoms with Crippen molar-refractivity contribution in [2.75, 3.05) is 11.5 Å². The maximum Gasteiger partial charge on any atom is 0.270 e. The molecule has 1 aromatic carbocycles. The van der Waals surface area contributed by atoms with E-state index in [1.165, 1.54) is 15.3 Å². The predicted octanol–water partition coefficient (Wildman–Crippen LogP) is 1.08. The maximum atomic E-state index is 13.8. The summed E-state index contributed by atoms with van der Waals surface area (Å²) in [6, 6.07) is 9.57. The van der Waals surface area contributed by atoms with Crippen LogP contribution in [0.5, 0.6) is 0 Å². The van der Waals surface area contributed by atoms with Crippen molar-refractivity contribution in [1.82, 2.24) is 39.2 Å². The number of rotatable bonds is 5. The first-order chi connectivity index (χ1) is 18.7. The number of nitrogens with two attached hydrogens (primary N) is 2. The summed E-state index contributed by atoms with van der Waals surface area (Å²) >= 11 is 0. The summed E-state index contributed by atoms with van der Waals surface area (Å²) in [6.07, 6.45) is 6.38. The van der Waals surface area contributed by atoms with Gasteiger partial charge in [-0.1, -0.05) is 24.1 Å². The van der Waals surface area contributed by atoms with Gasteiger partial charge in [0.1, 0.15) is 28.5 Å². The number of para-hydroxylation sites is 1. The third-order valence-corrected chi connectivity index (χ3v) is 5.82. The van der Waals surface area contributed by atoms with Crippen LogP contribution in [0.3, 0.4) is 0 Å². The van der Waals surface area contributed by atoms with E-state index in [1.54, 1.807) is 73.6 Å². The second-order valence-electron chi connectivity index (χ2n) is 8.58. The van der Waals surface area contributed by atoms with Crippen LogP contribution in [0.2, 0.25) is 0 Å². The summed E-state index contributed by atoms with van der Waals surface area (Å²) < 4.78 is 4.28. The number of aryl methyl sites for hydroxylation is 1. The number of fused-ring (bicyclic) bond motifs is 1. The Bertz CT molecular complexity index is 1860. The van der Waals surface area contributed by atoms with Gasteiger partial charge >= 0.3 is 0 Å². The summed E-state index contributed by atoms with van der Waals surface area (Å²) in [6.45, 7) is 1.65. The number of aromatic nitrogens is 7. The highest BCUT2D eigenvalue weighted by Crippen LogP contribution is 2.20. The van der Waals surface area contributed by atoms with Crippen LogP contribution in [0, 0.1) is 17.3 Å². The first-order valence-corrected chi connectivity index (χ1v) is 11.7. The number of amides is 1. The number of nitrogens with zero attached hydrogens (tertiary/aromatic N) is 7. The van der Waals surface area contributed by atoms with Crippen LogP contribution < -0.4 is 22.3 Å². The van der Waals surface area contributed by atoms with E-state index in [4.69, 9.17) is 16.9 Å². The highest BCUT2D eigenvalue weighted by molar-refractivity contribution is 6.13. The molecule has 0 radical (unpaired) electrons. The van der Waals surface area contributed by atoms with Gasteiger partial charge in [-0.2, -0.15) is 5.10 Å². The number of benzene rings is 1. The van der Waals surface area contributed by atoms with Gasteiger partial charge in [0.05, 0.1) is 23.5 Å². The molecular weight excluding hydrogens is 498 g/mol. The highest BCUT2D eigenvalue weighted by atomic mass is 16.2. The molecular formula is C26H23N11O2. The number of carbonyl (C=O) groups is 1. The molecule has 39 heavy (non-hydrogen) atoms. The van der Waals surface area contributed by atoms with Crippen LogP contribution in [0.15, 0.2) is 66.0 Å². The fraction of sp³-hybridized carbons (Fsp3) is 0.115. The van der Waals surface area contributed by atoms with Gasteiger partial charge in [-0.25, -0.2) is 14.5 Å². The Morgan fingerprint density at radius 3 is 2.62 bits per heavy atom. The largest absolute Gasteiger partial charge is 0.383 e. The van der Waals surface area contributed by atoms with Crippen LogP contribution in [-0.2, 0) is 7.05 Å². The Balaban J connectivity index is 1.56. The number of nitrogens with one attached hydrogen (secondary N) is 2. The van der Waals surface area contributed by atoms with Crippen LogP contribution in [0.1, 0.15) is 40.3 Å². The molecule has 4 heterocycles. The lowest BCUT2D eigenvalue weighted by Crippen LogP contribution is -2.36. The topological polar surface area (TPSA) is 188 Å². The van der Waals surface area contributed by atoms with E-state index >= 15 is 0 Å². The standard InChI is InChI=1S/C26H23N11O2/c1-15(32-25(38)20-22(29)34-36-12-6-11-30-24(20)36)23-33-21(28)19(18(27)10-9-16-13-31-35(2)14-16)26(39)37(23)17-7-4-3-5-8-17/h3-8,11-15,27H,28H2,1-2H3,(H2,29,34)(H,32,38). The molecule has 13 heteroatoms. The van der Waals surface area contributed by atoms with Gasteiger partial charge in [-0.05, 0) is 31.0 Å². The van der Waals surface area contributed by atoms with Gasteiger partial charge in [0.2, 0.25) is 0 Å². The van der Waals surface area contributed by atoms with Crippen molar-refractivity contribution in [3.05, 3.63) is 94.1 Å². The first kappa shape index (κ1) is 24.9. The molecule has 6 N–H and O–H groups in total. The second kappa shape index (κ2) is 9.94. The van der Waals surface area contributed by atoms with Gasteiger partial charge < -0.3 is 16.8 Å². The lowest BCUT2D eigenvalue weighted by Gasteiger charge is -2.20. The van der Waals surface area contributed by atoms with Gasteiger partial charge in [0.15, 0.2) is 11.5 Å². The van der Waals surface area contributed by atoms with Gasteiger partial charge in [0.25, 0.3) is 11.5 Å². The van der Waals surface area contributed by atoms with E-state index in [0.29, 0.717) is 11.3 Å². The van der Waals surface area contributed by atoms with E-state index in [9.17, 15) is 9.59 Å². The molecule has 0 aliphatic rings. The average molecular weight is 522 g/mol. The monoisotopic (exact) mass is 521 g/mol. The Morgan fingerprint density at radius 1 is 1.13 bits per heavy atom. The Kier molecular flexibility index (Phi) is 6.35. The normalized spacial score (nSPS) is 11.5. The van der Waals surface area contributed by atoms with Crippen molar-refractivity contribution < 1.29 is 4.79 Å². The van der Waals surface area contributed by atoms with Crippen molar-refractivity contribution in [2.45, 2.75) is 13.0 Å². The summed E-state index contributed by atoms with van der Waals surface area (Å²) in [5.74, 6) is 4.87. The average Bonchev–Trinajstić information content (AvgIpc) is 3.49. The fourth-order valence-corrected chi connectivity index (χ4v) is 4.04. The zero-order chi connectivity index (χ0) is 27.7. The maximum absolute atomic E-state index is 13.8. The molecule has 0 aliphatic carbocycles. The van der Waals surface area contributed by atoms with E-state index in [2.05, 4.69) is 37.3 Å². The quantitative estimate of drug-likeness (QED) is 0.195. The van der Waals surface area contributed by atoms with E-state index in [0.717, 1.165) is 0 Å². The van der Waals surface area contributed by atoms with Crippen molar-refractivity contribution in [2.24, 2.45) is 7.05 Å². The Hall–Kier alpha value is -5.77. The molecule has 0 fully saturated rings. The first-order valence-electron chi connectivity index (χ1n) is 11.7. The molecule has 0 spiro atoms. The van der Waals surface area contributed by atoms with E-state index in [1.807, 2.05) is 0 Å². The third kappa shape index (κ3) is 4.69. The molecule has 1 unspecified atom stereocenters. The molecule has 13 nitrogen and oxygen atoms in total. The number of hydrogen-bond donors (Lipinski definition) is 4. The number of hydrogen-bond acceptors (Lipinski definition) is 9. The van der Waals surface area contributed by atoms with E-state index < -0.39 is 17.5 Å².